The highest BCUT2D eigenvalue weighted by Crippen LogP contribution is 2.26. The number of halogens is 4. The molecule has 0 aromatic heterocycles. The van der Waals surface area contributed by atoms with Crippen molar-refractivity contribution in [2.75, 3.05) is 45.9 Å². The predicted octanol–water partition coefficient (Wildman–Crippen LogP) is 6.25. The number of benzene rings is 3. The summed E-state index contributed by atoms with van der Waals surface area (Å²) < 4.78 is 33.0. The Bertz CT molecular complexity index is 964. The van der Waals surface area contributed by atoms with E-state index in [1.54, 1.807) is 24.3 Å². The van der Waals surface area contributed by atoms with Gasteiger partial charge in [-0.05, 0) is 41.0 Å². The van der Waals surface area contributed by atoms with Gasteiger partial charge in [0, 0.05) is 39.3 Å². The molecule has 0 N–H and O–H groups in total. The minimum absolute atomic E-state index is 0. The lowest BCUT2D eigenvalue weighted by atomic mass is 10.0. The molecule has 0 spiro atoms. The van der Waals surface area contributed by atoms with Crippen molar-refractivity contribution < 1.29 is 13.5 Å². The summed E-state index contributed by atoms with van der Waals surface area (Å²) in [7, 11) is 0. The van der Waals surface area contributed by atoms with Crippen LogP contribution in [0.4, 0.5) is 8.78 Å². The molecule has 1 fully saturated rings. The van der Waals surface area contributed by atoms with Crippen LogP contribution in [-0.4, -0.2) is 55.7 Å². The molecule has 3 nitrogen and oxygen atoms in total. The van der Waals surface area contributed by atoms with Crippen molar-refractivity contribution in [3.63, 3.8) is 0 Å². The van der Waals surface area contributed by atoms with Crippen molar-refractivity contribution in [3.05, 3.63) is 113 Å². The van der Waals surface area contributed by atoms with Crippen molar-refractivity contribution in [1.29, 1.82) is 0 Å². The molecule has 3 aromatic carbocycles. The van der Waals surface area contributed by atoms with Gasteiger partial charge in [0.15, 0.2) is 0 Å². The molecule has 1 aliphatic heterocycles. The van der Waals surface area contributed by atoms with E-state index in [-0.39, 0.29) is 42.6 Å². The lowest BCUT2D eigenvalue weighted by molar-refractivity contribution is 0.0467. The molecule has 1 aliphatic rings. The van der Waals surface area contributed by atoms with Gasteiger partial charge >= 0.3 is 0 Å². The van der Waals surface area contributed by atoms with E-state index in [0.717, 1.165) is 50.4 Å². The first-order valence-electron chi connectivity index (χ1n) is 11.5. The molecule has 3 aromatic rings. The predicted molar refractivity (Wildman–Crippen MR) is 143 cm³/mol. The van der Waals surface area contributed by atoms with Crippen LogP contribution in [0.15, 0.2) is 84.9 Å². The van der Waals surface area contributed by atoms with Gasteiger partial charge in [-0.25, -0.2) is 8.78 Å². The Morgan fingerprint density at radius 3 is 1.77 bits per heavy atom. The number of rotatable bonds is 9. The van der Waals surface area contributed by atoms with Crippen LogP contribution in [-0.2, 0) is 4.74 Å². The minimum atomic E-state index is -0.351. The summed E-state index contributed by atoms with van der Waals surface area (Å²) in [4.78, 5) is 4.86. The Hall–Kier alpha value is -2.28. The Morgan fingerprint density at radius 1 is 0.714 bits per heavy atom. The quantitative estimate of drug-likeness (QED) is 0.331. The van der Waals surface area contributed by atoms with Crippen molar-refractivity contribution in [2.24, 2.45) is 0 Å². The molecular formula is C28H32Cl2F2N2O. The number of piperazine rings is 1. The smallest absolute Gasteiger partial charge is 0.123 e. The molecule has 0 bridgehead atoms. The number of hydrogen-bond donors (Lipinski definition) is 0. The standard InChI is InChI=1S/C28H30F2N2O.2ClH/c29-26-12-8-24(9-13-26)28(25-10-14-27(30)15-11-25)33-22-21-32-19-17-31(18-20-32)16-4-7-23-5-2-1-3-6-23;;/h1-15,28H,16-22H2;2*1H. The van der Waals surface area contributed by atoms with Gasteiger partial charge in [-0.2, -0.15) is 0 Å². The maximum Gasteiger partial charge on any atom is 0.123 e. The second-order valence-electron chi connectivity index (χ2n) is 8.31. The Kier molecular flexibility index (Phi) is 12.4. The first-order chi connectivity index (χ1) is 16.2. The van der Waals surface area contributed by atoms with Crippen LogP contribution in [0.2, 0.25) is 0 Å². The van der Waals surface area contributed by atoms with E-state index >= 15 is 0 Å². The van der Waals surface area contributed by atoms with Crippen LogP contribution in [0.3, 0.4) is 0 Å². The third-order valence-corrected chi connectivity index (χ3v) is 5.98. The van der Waals surface area contributed by atoms with Gasteiger partial charge in [0.2, 0.25) is 0 Å². The van der Waals surface area contributed by atoms with E-state index in [1.165, 1.54) is 29.8 Å². The lowest BCUT2D eigenvalue weighted by Crippen LogP contribution is -2.47. The summed E-state index contributed by atoms with van der Waals surface area (Å²) in [5.41, 5.74) is 2.95. The Balaban J connectivity index is 0.00000216. The van der Waals surface area contributed by atoms with Crippen LogP contribution < -0.4 is 0 Å². The summed E-state index contributed by atoms with van der Waals surface area (Å²) in [6.07, 6.45) is 4.05. The highest BCUT2D eigenvalue weighted by Gasteiger charge is 2.18. The van der Waals surface area contributed by atoms with Crippen LogP contribution in [0.5, 0.6) is 0 Å². The van der Waals surface area contributed by atoms with E-state index in [9.17, 15) is 8.78 Å². The molecule has 1 heterocycles. The zero-order valence-electron chi connectivity index (χ0n) is 19.6. The van der Waals surface area contributed by atoms with Gasteiger partial charge in [0.1, 0.15) is 17.7 Å². The SMILES string of the molecule is Cl.Cl.Fc1ccc(C(OCCN2CCN(CC=Cc3ccccc3)CC2)c2ccc(F)cc2)cc1. The van der Waals surface area contributed by atoms with Crippen molar-refractivity contribution >= 4 is 30.9 Å². The van der Waals surface area contributed by atoms with Gasteiger partial charge in [0.05, 0.1) is 6.61 Å². The molecule has 0 radical (unpaired) electrons. The van der Waals surface area contributed by atoms with Gasteiger partial charge in [-0.1, -0.05) is 66.7 Å². The molecule has 0 amide bonds. The molecule has 0 aliphatic carbocycles. The highest BCUT2D eigenvalue weighted by atomic mass is 35.5. The van der Waals surface area contributed by atoms with Crippen molar-refractivity contribution in [3.8, 4) is 0 Å². The van der Waals surface area contributed by atoms with E-state index < -0.39 is 0 Å². The number of ether oxygens (including phenoxy) is 1. The summed E-state index contributed by atoms with van der Waals surface area (Å²) >= 11 is 0. The van der Waals surface area contributed by atoms with Crippen LogP contribution in [0.1, 0.15) is 22.8 Å². The number of nitrogens with zero attached hydrogens (tertiary/aromatic N) is 2. The van der Waals surface area contributed by atoms with Crippen LogP contribution in [0.25, 0.3) is 6.08 Å². The molecule has 35 heavy (non-hydrogen) atoms. The molecule has 0 unspecified atom stereocenters. The van der Waals surface area contributed by atoms with Gasteiger partial charge in [0.25, 0.3) is 0 Å². The molecule has 4 rings (SSSR count). The van der Waals surface area contributed by atoms with Crippen molar-refractivity contribution in [2.45, 2.75) is 6.10 Å². The summed E-state index contributed by atoms with van der Waals surface area (Å²) in [6, 6.07) is 23.0. The zero-order chi connectivity index (χ0) is 22.9. The number of hydrogen-bond acceptors (Lipinski definition) is 3. The monoisotopic (exact) mass is 520 g/mol. The average Bonchev–Trinajstić information content (AvgIpc) is 2.85. The third kappa shape index (κ3) is 9.02. The second kappa shape index (κ2) is 15.0. The summed E-state index contributed by atoms with van der Waals surface area (Å²) in [6.45, 7) is 6.38. The lowest BCUT2D eigenvalue weighted by Gasteiger charge is -2.34. The zero-order valence-corrected chi connectivity index (χ0v) is 21.2. The first kappa shape index (κ1) is 29.0. The van der Waals surface area contributed by atoms with Gasteiger partial charge < -0.3 is 4.74 Å². The van der Waals surface area contributed by atoms with E-state index in [0.29, 0.717) is 6.61 Å². The molecule has 1 saturated heterocycles. The Morgan fingerprint density at radius 2 is 1.23 bits per heavy atom. The molecule has 188 valence electrons. The highest BCUT2D eigenvalue weighted by molar-refractivity contribution is 5.85. The average molecular weight is 521 g/mol. The topological polar surface area (TPSA) is 15.7 Å². The molecule has 0 saturated carbocycles. The largest absolute Gasteiger partial charge is 0.367 e. The van der Waals surface area contributed by atoms with Crippen LogP contribution in [0, 0.1) is 11.6 Å². The summed E-state index contributed by atoms with van der Waals surface area (Å²) in [5.74, 6) is -0.568. The van der Waals surface area contributed by atoms with E-state index in [2.05, 4.69) is 46.2 Å². The van der Waals surface area contributed by atoms with Crippen molar-refractivity contribution in [1.82, 2.24) is 9.80 Å². The van der Waals surface area contributed by atoms with E-state index in [4.69, 9.17) is 4.74 Å². The fraction of sp³-hybridized carbons (Fsp3) is 0.286. The second-order valence-corrected chi connectivity index (χ2v) is 8.31. The molecular weight excluding hydrogens is 489 g/mol. The fourth-order valence-corrected chi connectivity index (χ4v) is 4.06. The minimum Gasteiger partial charge on any atom is -0.367 e. The van der Waals surface area contributed by atoms with Gasteiger partial charge in [-0.15, -0.1) is 24.8 Å². The third-order valence-electron chi connectivity index (χ3n) is 5.98. The Labute approximate surface area is 219 Å². The van der Waals surface area contributed by atoms with Gasteiger partial charge in [-0.3, -0.25) is 9.80 Å². The van der Waals surface area contributed by atoms with Crippen LogP contribution >= 0.6 is 24.8 Å². The first-order valence-corrected chi connectivity index (χ1v) is 11.5. The molecule has 0 atom stereocenters. The maximum absolute atomic E-state index is 13.4. The fourth-order valence-electron chi connectivity index (χ4n) is 4.06. The normalized spacial score (nSPS) is 14.6. The molecule has 7 heteroatoms. The maximum atomic E-state index is 13.4. The summed E-state index contributed by atoms with van der Waals surface area (Å²) in [5, 5.41) is 0. The van der Waals surface area contributed by atoms with E-state index in [1.807, 2.05) is 6.07 Å².